The quantitative estimate of drug-likeness (QED) is 0.765. The van der Waals surface area contributed by atoms with Crippen LogP contribution in [-0.4, -0.2) is 42.8 Å². The Balaban J connectivity index is 1.23. The number of hydrogen-bond acceptors (Lipinski definition) is 3. The third kappa shape index (κ3) is 3.28. The fourth-order valence-corrected chi connectivity index (χ4v) is 6.44. The summed E-state index contributed by atoms with van der Waals surface area (Å²) in [6.45, 7) is 2.90. The van der Waals surface area contributed by atoms with Gasteiger partial charge in [0.2, 0.25) is 5.91 Å². The highest BCUT2D eigenvalue weighted by Crippen LogP contribution is 2.48. The van der Waals surface area contributed by atoms with E-state index in [1.165, 1.54) is 32.1 Å². The summed E-state index contributed by atoms with van der Waals surface area (Å²) < 4.78 is 0. The Bertz CT molecular complexity index is 694. The van der Waals surface area contributed by atoms with Gasteiger partial charge in [0, 0.05) is 42.8 Å². The maximum atomic E-state index is 13.4. The average Bonchev–Trinajstić information content (AvgIpc) is 2.91. The molecule has 3 saturated heterocycles. The first kappa shape index (κ1) is 17.3. The second kappa shape index (κ2) is 6.96. The summed E-state index contributed by atoms with van der Waals surface area (Å²) in [6.07, 6.45) is 9.48. The van der Waals surface area contributed by atoms with Crippen LogP contribution in [0.2, 0.25) is 0 Å². The molecule has 3 aliphatic heterocycles. The SMILES string of the molecule is O=Cc1ccc(N2CCC(C(=O)N3CC4C[C@H]5CC3C[C@H](C4)C5)CC2)cc1. The number of piperidine rings is 1. The van der Waals surface area contributed by atoms with Crippen molar-refractivity contribution in [3.8, 4) is 0 Å². The van der Waals surface area contributed by atoms with Gasteiger partial charge in [-0.2, -0.15) is 0 Å². The molecule has 0 aromatic heterocycles. The van der Waals surface area contributed by atoms with Crippen molar-refractivity contribution in [2.75, 3.05) is 24.5 Å². The van der Waals surface area contributed by atoms with E-state index in [1.807, 2.05) is 24.3 Å². The van der Waals surface area contributed by atoms with Gasteiger partial charge >= 0.3 is 0 Å². The molecule has 4 nitrogen and oxygen atoms in total. The number of carbonyl (C=O) groups is 2. The molecule has 5 aliphatic rings. The van der Waals surface area contributed by atoms with Crippen molar-refractivity contribution in [1.82, 2.24) is 4.90 Å². The molecule has 0 spiro atoms. The van der Waals surface area contributed by atoms with Crippen molar-refractivity contribution in [3.05, 3.63) is 29.8 Å². The van der Waals surface area contributed by atoms with Gasteiger partial charge in [-0.3, -0.25) is 9.59 Å². The Morgan fingerprint density at radius 1 is 0.889 bits per heavy atom. The molecule has 1 amide bonds. The van der Waals surface area contributed by atoms with E-state index >= 15 is 0 Å². The molecular formula is C23H30N2O2. The van der Waals surface area contributed by atoms with Crippen molar-refractivity contribution < 1.29 is 9.59 Å². The van der Waals surface area contributed by atoms with Crippen LogP contribution in [0.1, 0.15) is 55.3 Å². The monoisotopic (exact) mass is 366 g/mol. The fourth-order valence-electron chi connectivity index (χ4n) is 6.44. The van der Waals surface area contributed by atoms with Crippen LogP contribution in [0.5, 0.6) is 0 Å². The largest absolute Gasteiger partial charge is 0.371 e. The predicted octanol–water partition coefficient (Wildman–Crippen LogP) is 3.75. The molecule has 0 radical (unpaired) electrons. The normalized spacial score (nSPS) is 33.2. The van der Waals surface area contributed by atoms with Gasteiger partial charge in [-0.1, -0.05) is 0 Å². The van der Waals surface area contributed by atoms with Crippen LogP contribution >= 0.6 is 0 Å². The van der Waals surface area contributed by atoms with Crippen molar-refractivity contribution in [1.29, 1.82) is 0 Å². The van der Waals surface area contributed by atoms with Gasteiger partial charge in [-0.25, -0.2) is 0 Å². The zero-order valence-electron chi connectivity index (χ0n) is 16.1. The average molecular weight is 367 g/mol. The first-order valence-electron chi connectivity index (χ1n) is 10.8. The number of carbonyl (C=O) groups excluding carboxylic acids is 2. The first-order valence-corrected chi connectivity index (χ1v) is 10.8. The Hall–Kier alpha value is -1.84. The maximum Gasteiger partial charge on any atom is 0.226 e. The summed E-state index contributed by atoms with van der Waals surface area (Å²) >= 11 is 0. The number of aldehydes is 1. The highest BCUT2D eigenvalue weighted by Gasteiger charge is 2.45. The molecule has 0 N–H and O–H groups in total. The summed E-state index contributed by atoms with van der Waals surface area (Å²) in [5, 5.41) is 0. The molecule has 3 heterocycles. The van der Waals surface area contributed by atoms with Crippen LogP contribution in [0.4, 0.5) is 5.69 Å². The van der Waals surface area contributed by atoms with Crippen LogP contribution in [0.15, 0.2) is 24.3 Å². The standard InChI is InChI=1S/C23H30N2O2/c26-15-16-1-3-21(4-2-16)24-7-5-20(6-8-24)23(27)25-14-19-10-17-9-18(11-19)13-22(25)12-17/h1-4,15,17-20,22H,5-14H2/t17-,18-,19?,22?/m0/s1. The number of hydrogen-bond donors (Lipinski definition) is 0. The van der Waals surface area contributed by atoms with Crippen molar-refractivity contribution in [3.63, 3.8) is 0 Å². The van der Waals surface area contributed by atoms with Gasteiger partial charge < -0.3 is 9.80 Å². The molecule has 4 bridgehead atoms. The molecule has 4 heteroatoms. The second-order valence-corrected chi connectivity index (χ2v) is 9.39. The summed E-state index contributed by atoms with van der Waals surface area (Å²) in [4.78, 5) is 28.9. The van der Waals surface area contributed by atoms with E-state index in [0.29, 0.717) is 17.5 Å². The summed E-state index contributed by atoms with van der Waals surface area (Å²) in [7, 11) is 0. The van der Waals surface area contributed by atoms with Crippen molar-refractivity contribution in [2.45, 2.75) is 51.0 Å². The number of nitrogens with zero attached hydrogens (tertiary/aromatic N) is 2. The Morgan fingerprint density at radius 2 is 1.52 bits per heavy atom. The van der Waals surface area contributed by atoms with E-state index < -0.39 is 0 Å². The third-order valence-corrected chi connectivity index (χ3v) is 7.63. The van der Waals surface area contributed by atoms with Gasteiger partial charge in [-0.15, -0.1) is 0 Å². The number of amides is 1. The smallest absolute Gasteiger partial charge is 0.226 e. The van der Waals surface area contributed by atoms with Gasteiger partial charge in [0.1, 0.15) is 6.29 Å². The summed E-state index contributed by atoms with van der Waals surface area (Å²) in [5.41, 5.74) is 1.88. The minimum Gasteiger partial charge on any atom is -0.371 e. The van der Waals surface area contributed by atoms with E-state index in [-0.39, 0.29) is 5.92 Å². The lowest BCUT2D eigenvalue weighted by Gasteiger charge is -2.40. The molecule has 2 aliphatic carbocycles. The highest BCUT2D eigenvalue weighted by atomic mass is 16.2. The van der Waals surface area contributed by atoms with E-state index in [9.17, 15) is 9.59 Å². The van der Waals surface area contributed by atoms with Crippen LogP contribution in [-0.2, 0) is 4.79 Å². The molecule has 0 unspecified atom stereocenters. The summed E-state index contributed by atoms with van der Waals surface area (Å²) in [5.74, 6) is 3.19. The molecule has 1 aromatic carbocycles. The number of rotatable bonds is 3. The predicted molar refractivity (Wildman–Crippen MR) is 106 cm³/mol. The molecule has 144 valence electrons. The Morgan fingerprint density at radius 3 is 2.15 bits per heavy atom. The first-order chi connectivity index (χ1) is 13.2. The van der Waals surface area contributed by atoms with Crippen LogP contribution in [0, 0.1) is 23.7 Å². The topological polar surface area (TPSA) is 40.6 Å². The Labute approximate surface area is 161 Å². The number of fused-ring (bicyclic) bond motifs is 1. The van der Waals surface area contributed by atoms with Crippen molar-refractivity contribution >= 4 is 17.9 Å². The maximum absolute atomic E-state index is 13.4. The van der Waals surface area contributed by atoms with Crippen molar-refractivity contribution in [2.24, 2.45) is 23.7 Å². The fraction of sp³-hybridized carbons (Fsp3) is 0.652. The minimum absolute atomic E-state index is 0.200. The molecule has 27 heavy (non-hydrogen) atoms. The lowest BCUT2D eigenvalue weighted by Crippen LogP contribution is -2.47. The van der Waals surface area contributed by atoms with Gasteiger partial charge in [0.25, 0.3) is 0 Å². The second-order valence-electron chi connectivity index (χ2n) is 9.39. The zero-order valence-corrected chi connectivity index (χ0v) is 16.1. The zero-order chi connectivity index (χ0) is 18.4. The third-order valence-electron chi connectivity index (χ3n) is 7.63. The summed E-state index contributed by atoms with van der Waals surface area (Å²) in [6, 6.07) is 8.33. The van der Waals surface area contributed by atoms with E-state index in [1.54, 1.807) is 0 Å². The van der Waals surface area contributed by atoms with Crippen LogP contribution < -0.4 is 4.90 Å². The number of anilines is 1. The molecule has 5 fully saturated rings. The van der Waals surface area contributed by atoms with Gasteiger partial charge in [-0.05, 0) is 87.0 Å². The minimum atomic E-state index is 0.200. The Kier molecular flexibility index (Phi) is 4.45. The van der Waals surface area contributed by atoms with E-state index in [4.69, 9.17) is 0 Å². The molecule has 6 rings (SSSR count). The highest BCUT2D eigenvalue weighted by molar-refractivity contribution is 5.80. The van der Waals surface area contributed by atoms with E-state index in [0.717, 1.165) is 62.2 Å². The van der Waals surface area contributed by atoms with Gasteiger partial charge in [0.05, 0.1) is 0 Å². The molecule has 2 atom stereocenters. The van der Waals surface area contributed by atoms with Crippen LogP contribution in [0.25, 0.3) is 0 Å². The number of benzene rings is 1. The van der Waals surface area contributed by atoms with E-state index in [2.05, 4.69) is 9.80 Å². The molecule has 1 aromatic rings. The molecule has 2 saturated carbocycles. The lowest BCUT2D eigenvalue weighted by atomic mass is 9.68. The van der Waals surface area contributed by atoms with Gasteiger partial charge in [0.15, 0.2) is 0 Å². The lowest BCUT2D eigenvalue weighted by molar-refractivity contribution is -0.139. The van der Waals surface area contributed by atoms with Crippen LogP contribution in [0.3, 0.4) is 0 Å². The molecular weight excluding hydrogens is 336 g/mol.